The van der Waals surface area contributed by atoms with Crippen LogP contribution in [0.2, 0.25) is 0 Å². The molecule has 0 spiro atoms. The molecule has 0 fully saturated rings. The molecule has 1 N–H and O–H groups in total. The first-order chi connectivity index (χ1) is 8.20. The van der Waals surface area contributed by atoms with Crippen LogP contribution in [0, 0.1) is 36.5 Å². The maximum atomic E-state index is 8.07. The highest BCUT2D eigenvalue weighted by molar-refractivity contribution is 5.19. The monoisotopic (exact) mass is 229 g/mol. The number of hydrogen-bond donors (Lipinski definition) is 1. The van der Waals surface area contributed by atoms with E-state index in [9.17, 15) is 0 Å². The maximum Gasteiger partial charge on any atom is 0.0635 e. The lowest BCUT2D eigenvalue weighted by Gasteiger charge is -1.93. The van der Waals surface area contributed by atoms with Crippen molar-refractivity contribution in [2.24, 2.45) is 0 Å². The molecule has 3 nitrogen and oxygen atoms in total. The Labute approximate surface area is 104 Å². The van der Waals surface area contributed by atoms with Crippen molar-refractivity contribution in [3.05, 3.63) is 35.4 Å². The predicted octanol–water partition coefficient (Wildman–Crippen LogP) is 2.71. The Morgan fingerprint density at radius 2 is 1.24 bits per heavy atom. The zero-order valence-corrected chi connectivity index (χ0v) is 10.5. The van der Waals surface area contributed by atoms with Gasteiger partial charge in [0, 0.05) is 25.9 Å². The van der Waals surface area contributed by atoms with E-state index in [-0.39, 0.29) is 0 Å². The van der Waals surface area contributed by atoms with Crippen molar-refractivity contribution in [3.63, 3.8) is 0 Å². The number of nitrogens with zero attached hydrogens (tertiary/aromatic N) is 2. The minimum absolute atomic E-state index is 0.519. The Balaban J connectivity index is 0.000000302. The quantitative estimate of drug-likeness (QED) is 0.807. The van der Waals surface area contributed by atoms with Gasteiger partial charge in [0.2, 0.25) is 0 Å². The van der Waals surface area contributed by atoms with Crippen molar-refractivity contribution < 1.29 is 0 Å². The fourth-order valence-corrected chi connectivity index (χ4v) is 1.05. The van der Waals surface area contributed by atoms with Crippen molar-refractivity contribution in [2.45, 2.75) is 26.7 Å². The van der Waals surface area contributed by atoms with Crippen LogP contribution in [-0.4, -0.2) is 13.1 Å². The normalized spacial score (nSPS) is 8.47. The van der Waals surface area contributed by atoms with Crippen LogP contribution >= 0.6 is 0 Å². The van der Waals surface area contributed by atoms with Gasteiger partial charge in [-0.2, -0.15) is 10.5 Å². The van der Waals surface area contributed by atoms with Crippen molar-refractivity contribution in [2.75, 3.05) is 13.1 Å². The van der Waals surface area contributed by atoms with E-state index in [2.05, 4.69) is 43.4 Å². The van der Waals surface area contributed by atoms with E-state index in [4.69, 9.17) is 10.5 Å². The summed E-state index contributed by atoms with van der Waals surface area (Å²) in [5.74, 6) is 0. The van der Waals surface area contributed by atoms with E-state index in [0.717, 1.165) is 0 Å². The number of rotatable bonds is 4. The minimum Gasteiger partial charge on any atom is -0.315 e. The summed E-state index contributed by atoms with van der Waals surface area (Å²) < 4.78 is 0. The van der Waals surface area contributed by atoms with E-state index >= 15 is 0 Å². The minimum atomic E-state index is 0.519. The second-order valence-electron chi connectivity index (χ2n) is 3.72. The van der Waals surface area contributed by atoms with Crippen molar-refractivity contribution in [1.29, 1.82) is 10.5 Å². The smallest absolute Gasteiger partial charge is 0.0635 e. The van der Waals surface area contributed by atoms with Gasteiger partial charge in [0.1, 0.15) is 0 Å². The highest BCUT2D eigenvalue weighted by Crippen LogP contribution is 1.99. The lowest BCUT2D eigenvalue weighted by Crippen LogP contribution is -2.15. The molecule has 0 aliphatic rings. The molecule has 1 aromatic rings. The third-order valence-electron chi connectivity index (χ3n) is 2.05. The van der Waals surface area contributed by atoms with E-state index in [1.54, 1.807) is 0 Å². The van der Waals surface area contributed by atoms with Crippen LogP contribution in [0.5, 0.6) is 0 Å². The molecule has 0 unspecified atom stereocenters. The summed E-state index contributed by atoms with van der Waals surface area (Å²) in [6.07, 6.45) is 1.04. The molecular weight excluding hydrogens is 210 g/mol. The molecule has 0 radical (unpaired) electrons. The maximum absolute atomic E-state index is 8.07. The number of nitrogens with one attached hydrogen (secondary N) is 1. The summed E-state index contributed by atoms with van der Waals surface area (Å²) in [5, 5.41) is 19.1. The summed E-state index contributed by atoms with van der Waals surface area (Å²) in [6.45, 7) is 5.58. The molecule has 0 aromatic heterocycles. The molecule has 0 saturated carbocycles. The van der Waals surface area contributed by atoms with Gasteiger partial charge >= 0.3 is 0 Å². The summed E-state index contributed by atoms with van der Waals surface area (Å²) >= 11 is 0. The Morgan fingerprint density at radius 3 is 1.53 bits per heavy atom. The number of aryl methyl sites for hydroxylation is 2. The van der Waals surface area contributed by atoms with Crippen LogP contribution in [0.15, 0.2) is 24.3 Å². The van der Waals surface area contributed by atoms with E-state index < -0.39 is 0 Å². The summed E-state index contributed by atoms with van der Waals surface area (Å²) in [4.78, 5) is 0. The zero-order valence-electron chi connectivity index (χ0n) is 10.5. The Morgan fingerprint density at radius 1 is 0.882 bits per heavy atom. The number of benzene rings is 1. The molecule has 0 aliphatic carbocycles. The van der Waals surface area contributed by atoms with Crippen LogP contribution in [0.1, 0.15) is 24.0 Å². The number of nitriles is 2. The van der Waals surface area contributed by atoms with Crippen LogP contribution in [0.25, 0.3) is 0 Å². The zero-order chi connectivity index (χ0) is 12.9. The summed E-state index contributed by atoms with van der Waals surface area (Å²) in [7, 11) is 0. The van der Waals surface area contributed by atoms with Crippen molar-refractivity contribution in [1.82, 2.24) is 5.32 Å². The van der Waals surface area contributed by atoms with Crippen molar-refractivity contribution >= 4 is 0 Å². The highest BCUT2D eigenvalue weighted by atomic mass is 14.8. The standard InChI is InChI=1S/C8H10.C6H9N3/c1-7-3-5-8(2)6-4-7;7-3-1-5-9-6-2-4-8/h3-6H,1-2H3;9H,1-2,5-6H2. The molecule has 0 atom stereocenters. The first-order valence-electron chi connectivity index (χ1n) is 5.68. The molecule has 0 amide bonds. The lowest BCUT2D eigenvalue weighted by atomic mass is 10.2. The van der Waals surface area contributed by atoms with Gasteiger partial charge in [0.25, 0.3) is 0 Å². The molecule has 90 valence electrons. The SMILES string of the molecule is Cc1ccc(C)cc1.N#CCCNCCC#N. The second-order valence-corrected chi connectivity index (χ2v) is 3.72. The Bertz CT molecular complexity index is 331. The van der Waals surface area contributed by atoms with E-state index in [0.29, 0.717) is 25.9 Å². The number of hydrogen-bond acceptors (Lipinski definition) is 3. The topological polar surface area (TPSA) is 59.6 Å². The molecule has 1 rings (SSSR count). The Hall–Kier alpha value is -1.84. The third-order valence-corrected chi connectivity index (χ3v) is 2.05. The van der Waals surface area contributed by atoms with Crippen LogP contribution in [0.4, 0.5) is 0 Å². The van der Waals surface area contributed by atoms with Gasteiger partial charge in [-0.15, -0.1) is 0 Å². The van der Waals surface area contributed by atoms with Crippen molar-refractivity contribution in [3.8, 4) is 12.1 Å². The lowest BCUT2D eigenvalue weighted by molar-refractivity contribution is 0.704. The molecule has 0 bridgehead atoms. The average Bonchev–Trinajstić information content (AvgIpc) is 2.34. The molecule has 17 heavy (non-hydrogen) atoms. The van der Waals surface area contributed by atoms with Gasteiger partial charge in [-0.1, -0.05) is 35.4 Å². The van der Waals surface area contributed by atoms with Gasteiger partial charge < -0.3 is 5.32 Å². The summed E-state index contributed by atoms with van der Waals surface area (Å²) in [5.41, 5.74) is 2.66. The third kappa shape index (κ3) is 10.4. The van der Waals surface area contributed by atoms with Crippen LogP contribution < -0.4 is 5.32 Å². The van der Waals surface area contributed by atoms with Gasteiger partial charge in [-0.3, -0.25) is 0 Å². The molecule has 3 heteroatoms. The molecule has 1 aromatic carbocycles. The van der Waals surface area contributed by atoms with Crippen LogP contribution in [0.3, 0.4) is 0 Å². The van der Waals surface area contributed by atoms with Gasteiger partial charge in [0.05, 0.1) is 12.1 Å². The highest BCUT2D eigenvalue weighted by Gasteiger charge is 1.83. The van der Waals surface area contributed by atoms with E-state index in [1.807, 2.05) is 12.1 Å². The first kappa shape index (κ1) is 15.2. The molecular formula is C14H19N3. The molecule has 0 aliphatic heterocycles. The van der Waals surface area contributed by atoms with Gasteiger partial charge in [-0.25, -0.2) is 0 Å². The first-order valence-corrected chi connectivity index (χ1v) is 5.68. The van der Waals surface area contributed by atoms with Crippen LogP contribution in [-0.2, 0) is 0 Å². The second kappa shape index (κ2) is 10.7. The Kier molecular flexibility index (Phi) is 9.52. The average molecular weight is 229 g/mol. The fourth-order valence-electron chi connectivity index (χ4n) is 1.05. The predicted molar refractivity (Wildman–Crippen MR) is 69.2 cm³/mol. The van der Waals surface area contributed by atoms with E-state index in [1.165, 1.54) is 11.1 Å². The van der Waals surface area contributed by atoms with Gasteiger partial charge in [0.15, 0.2) is 0 Å². The molecule has 0 heterocycles. The largest absolute Gasteiger partial charge is 0.315 e. The molecule has 0 saturated heterocycles. The fraction of sp³-hybridized carbons (Fsp3) is 0.429. The summed E-state index contributed by atoms with van der Waals surface area (Å²) in [6, 6.07) is 12.5. The van der Waals surface area contributed by atoms with Gasteiger partial charge in [-0.05, 0) is 13.8 Å².